The second-order valence-corrected chi connectivity index (χ2v) is 8.18. The summed E-state index contributed by atoms with van der Waals surface area (Å²) in [5.41, 5.74) is 1.70. The molecule has 0 saturated carbocycles. The van der Waals surface area contributed by atoms with Gasteiger partial charge in [-0.1, -0.05) is 0 Å². The summed E-state index contributed by atoms with van der Waals surface area (Å²) >= 11 is 1.73. The number of rotatable bonds is 2. The zero-order chi connectivity index (χ0) is 16.2. The molecule has 0 fully saturated rings. The second-order valence-electron chi connectivity index (χ2n) is 7.01. The minimum atomic E-state index is -1.36. The fourth-order valence-electron chi connectivity index (χ4n) is 3.06. The Balaban J connectivity index is 1.50. The Bertz CT molecular complexity index is 680. The van der Waals surface area contributed by atoms with Gasteiger partial charge in [-0.2, -0.15) is 0 Å². The Hall–Kier alpha value is -1.02. The van der Waals surface area contributed by atoms with Crippen LogP contribution in [0.5, 0.6) is 11.5 Å². The zero-order valence-corrected chi connectivity index (χ0v) is 14.5. The number of nitrogens with one attached hydrogen (secondary N) is 1. The Morgan fingerprint density at radius 3 is 2.48 bits per heavy atom. The van der Waals surface area contributed by atoms with E-state index in [9.17, 15) is 5.11 Å². The first kappa shape index (κ1) is 15.5. The van der Waals surface area contributed by atoms with Crippen molar-refractivity contribution < 1.29 is 14.6 Å². The molecule has 0 bridgehead atoms. The van der Waals surface area contributed by atoms with Crippen LogP contribution in [0, 0.1) is 0 Å². The molecular weight excluding hydrogens is 309 g/mol. The van der Waals surface area contributed by atoms with Crippen LogP contribution in [0.2, 0.25) is 0 Å². The molecule has 2 N–H and O–H groups in total. The number of hydrogen-bond acceptors (Lipinski definition) is 6. The van der Waals surface area contributed by atoms with E-state index in [1.807, 2.05) is 33.9 Å². The molecule has 3 heterocycles. The summed E-state index contributed by atoms with van der Waals surface area (Å²) in [6.07, 6.45) is 0. The molecule has 0 amide bonds. The molecule has 9 heteroatoms. The zero-order valence-electron chi connectivity index (χ0n) is 13.7. The predicted molar refractivity (Wildman–Crippen MR) is 98.3 cm³/mol. The molecule has 1 atom stereocenters. The van der Waals surface area contributed by atoms with Gasteiger partial charge in [0.05, 0.1) is 5.40 Å². The van der Waals surface area contributed by atoms with Crippen LogP contribution in [0.25, 0.3) is 0 Å². The van der Waals surface area contributed by atoms with Crippen molar-refractivity contribution in [1.29, 1.82) is 0 Å². The molecule has 1 aromatic carbocycles. The van der Waals surface area contributed by atoms with Crippen LogP contribution in [0.4, 0.5) is 0 Å². The van der Waals surface area contributed by atoms with Crippen molar-refractivity contribution in [2.45, 2.75) is 16.0 Å². The lowest BCUT2D eigenvalue weighted by atomic mass is 9.54. The van der Waals surface area contributed by atoms with E-state index in [-0.39, 0.29) is 0 Å². The summed E-state index contributed by atoms with van der Waals surface area (Å²) in [5, 5.41) is 13.1. The van der Waals surface area contributed by atoms with Crippen molar-refractivity contribution in [3.8, 4) is 11.5 Å². The maximum atomic E-state index is 10.5. The summed E-state index contributed by atoms with van der Waals surface area (Å²) in [6, 6.07) is 5.92. The Kier molecular flexibility index (Phi) is 3.53. The molecule has 1 aromatic rings. The van der Waals surface area contributed by atoms with Gasteiger partial charge in [0.1, 0.15) is 0 Å². The van der Waals surface area contributed by atoms with Crippen LogP contribution in [0.15, 0.2) is 34.2 Å². The minimum absolute atomic E-state index is 0.598. The standard InChI is InChI=1S/C14H19B3N2O3S/c15-13(16)14(17,20)22-12-3-10(1-2-11(12)21-13)23-19-6-8-4-18-5-9(8)7-19/h1-3,18,20H,4-7,15-17H2. The average molecular weight is 328 g/mol. The fourth-order valence-corrected chi connectivity index (χ4v) is 4.09. The maximum absolute atomic E-state index is 10.5. The lowest BCUT2D eigenvalue weighted by molar-refractivity contribution is -0.140. The van der Waals surface area contributed by atoms with E-state index in [2.05, 4.69) is 9.62 Å². The minimum Gasteiger partial charge on any atom is -0.496 e. The van der Waals surface area contributed by atoms with E-state index in [4.69, 9.17) is 9.47 Å². The maximum Gasteiger partial charge on any atom is 0.198 e. The Morgan fingerprint density at radius 2 is 1.78 bits per heavy atom. The van der Waals surface area contributed by atoms with Gasteiger partial charge in [-0.25, -0.2) is 4.31 Å². The van der Waals surface area contributed by atoms with Crippen molar-refractivity contribution >= 4 is 35.5 Å². The summed E-state index contributed by atoms with van der Waals surface area (Å²) in [6.45, 7) is 4.05. The van der Waals surface area contributed by atoms with Gasteiger partial charge in [0.25, 0.3) is 0 Å². The predicted octanol–water partition coefficient (Wildman–Crippen LogP) is -2.12. The van der Waals surface area contributed by atoms with Crippen LogP contribution in [0.3, 0.4) is 0 Å². The van der Waals surface area contributed by atoms with Gasteiger partial charge in [0, 0.05) is 31.1 Å². The number of aliphatic hydroxyl groups is 1. The van der Waals surface area contributed by atoms with Crippen LogP contribution in [-0.2, 0) is 0 Å². The third-order valence-corrected chi connectivity index (χ3v) is 5.83. The van der Waals surface area contributed by atoms with Crippen LogP contribution in [-0.4, -0.2) is 70.2 Å². The smallest absolute Gasteiger partial charge is 0.198 e. The van der Waals surface area contributed by atoms with E-state index in [0.717, 1.165) is 31.1 Å². The normalized spacial score (nSPS) is 28.9. The van der Waals surface area contributed by atoms with E-state index in [1.165, 1.54) is 11.1 Å². The molecule has 3 aliphatic rings. The van der Waals surface area contributed by atoms with E-state index >= 15 is 0 Å². The van der Waals surface area contributed by atoms with Crippen molar-refractivity contribution in [3.63, 3.8) is 0 Å². The largest absolute Gasteiger partial charge is 0.496 e. The SMILES string of the molecule is BC1(B)Oc2ccc(SN3CC4=C(CNC4)C3)cc2OC1(B)O. The summed E-state index contributed by atoms with van der Waals surface area (Å²) in [4.78, 5) is 1.09. The van der Waals surface area contributed by atoms with Gasteiger partial charge < -0.3 is 19.9 Å². The lowest BCUT2D eigenvalue weighted by Gasteiger charge is -2.45. The molecule has 0 spiro atoms. The van der Waals surface area contributed by atoms with E-state index < -0.39 is 11.1 Å². The second kappa shape index (κ2) is 5.24. The third kappa shape index (κ3) is 2.69. The third-order valence-electron chi connectivity index (χ3n) is 4.85. The van der Waals surface area contributed by atoms with Crippen LogP contribution in [0.1, 0.15) is 0 Å². The monoisotopic (exact) mass is 328 g/mol. The Labute approximate surface area is 143 Å². The van der Waals surface area contributed by atoms with Crippen LogP contribution < -0.4 is 14.8 Å². The number of hydrogen-bond donors (Lipinski definition) is 2. The van der Waals surface area contributed by atoms with Gasteiger partial charge in [-0.15, -0.1) is 0 Å². The summed E-state index contributed by atoms with van der Waals surface area (Å²) in [7, 11) is 5.28. The molecule has 5 nitrogen and oxygen atoms in total. The van der Waals surface area contributed by atoms with Crippen LogP contribution >= 0.6 is 11.9 Å². The number of fused-ring (bicyclic) bond motifs is 1. The van der Waals surface area contributed by atoms with Gasteiger partial charge in [0.2, 0.25) is 0 Å². The van der Waals surface area contributed by atoms with Gasteiger partial charge in [-0.3, -0.25) is 0 Å². The first-order chi connectivity index (χ1) is 10.8. The highest BCUT2D eigenvalue weighted by atomic mass is 32.2. The van der Waals surface area contributed by atoms with Crippen molar-refractivity contribution in [2.75, 3.05) is 26.2 Å². The van der Waals surface area contributed by atoms with Crippen molar-refractivity contribution in [1.82, 2.24) is 9.62 Å². The molecule has 23 heavy (non-hydrogen) atoms. The van der Waals surface area contributed by atoms with E-state index in [1.54, 1.807) is 19.8 Å². The molecule has 1 unspecified atom stereocenters. The summed E-state index contributed by atoms with van der Waals surface area (Å²) in [5.74, 6) is 1.28. The topological polar surface area (TPSA) is 54.0 Å². The van der Waals surface area contributed by atoms with Gasteiger partial charge in [0.15, 0.2) is 40.7 Å². The summed E-state index contributed by atoms with van der Waals surface area (Å²) < 4.78 is 14.1. The van der Waals surface area contributed by atoms with Gasteiger partial charge in [-0.05, 0) is 41.3 Å². The first-order valence-corrected chi connectivity index (χ1v) is 8.69. The highest BCUT2D eigenvalue weighted by molar-refractivity contribution is 7.97. The number of nitrogens with zero attached hydrogens (tertiary/aromatic N) is 1. The molecule has 0 saturated heterocycles. The number of benzene rings is 1. The Morgan fingerprint density at radius 1 is 1.09 bits per heavy atom. The van der Waals surface area contributed by atoms with Crippen molar-refractivity contribution in [3.05, 3.63) is 29.3 Å². The quantitative estimate of drug-likeness (QED) is 0.368. The fraction of sp³-hybridized carbons (Fsp3) is 0.429. The molecule has 118 valence electrons. The molecule has 0 aromatic heterocycles. The van der Waals surface area contributed by atoms with Gasteiger partial charge >= 0.3 is 0 Å². The highest BCUT2D eigenvalue weighted by Crippen LogP contribution is 2.42. The average Bonchev–Trinajstić information content (AvgIpc) is 3.00. The molecule has 0 aliphatic carbocycles. The van der Waals surface area contributed by atoms with Crippen molar-refractivity contribution in [2.24, 2.45) is 0 Å². The first-order valence-electron chi connectivity index (χ1n) is 7.92. The molecular formula is C14H19B3N2O3S. The molecule has 3 aliphatic heterocycles. The molecule has 0 radical (unpaired) electrons. The molecule has 4 rings (SSSR count). The number of ether oxygens (including phenoxy) is 2. The van der Waals surface area contributed by atoms with E-state index in [0.29, 0.717) is 11.5 Å². The highest BCUT2D eigenvalue weighted by Gasteiger charge is 2.47. The lowest BCUT2D eigenvalue weighted by Crippen LogP contribution is -2.65.